The first-order valence-corrected chi connectivity index (χ1v) is 4.08. The van der Waals surface area contributed by atoms with Crippen LogP contribution in [-0.4, -0.2) is 49.3 Å². The van der Waals surface area contributed by atoms with E-state index in [1.165, 1.54) is 0 Å². The fraction of sp³-hybridized carbons (Fsp3) is 0.857. The Morgan fingerprint density at radius 3 is 2.71 bits per heavy atom. The fourth-order valence-electron chi connectivity index (χ4n) is 1.32. The molecule has 1 unspecified atom stereocenters. The van der Waals surface area contributed by atoms with E-state index in [2.05, 4.69) is 0 Å². The molecule has 0 aromatic heterocycles. The average molecular weight is 212 g/mol. The van der Waals surface area contributed by atoms with E-state index < -0.39 is 24.7 Å². The van der Waals surface area contributed by atoms with Gasteiger partial charge in [-0.25, -0.2) is 0 Å². The summed E-state index contributed by atoms with van der Waals surface area (Å²) in [5.74, 6) is -0.783. The number of halogens is 3. The maximum absolute atomic E-state index is 12.0. The van der Waals surface area contributed by atoms with Crippen LogP contribution in [0.15, 0.2) is 0 Å². The topological polar surface area (TPSA) is 55.6 Å². The molecule has 0 aromatic rings. The first kappa shape index (κ1) is 11.3. The maximum atomic E-state index is 12.0. The predicted octanol–water partition coefficient (Wildman–Crippen LogP) is -0.265. The van der Waals surface area contributed by atoms with Crippen molar-refractivity contribution in [2.75, 3.05) is 26.3 Å². The van der Waals surface area contributed by atoms with E-state index in [-0.39, 0.29) is 19.8 Å². The van der Waals surface area contributed by atoms with Gasteiger partial charge in [0.1, 0.15) is 6.04 Å². The molecule has 0 radical (unpaired) electrons. The third-order valence-corrected chi connectivity index (χ3v) is 1.95. The van der Waals surface area contributed by atoms with Gasteiger partial charge < -0.3 is 10.5 Å². The second kappa shape index (κ2) is 4.14. The Hall–Kier alpha value is -0.820. The normalized spacial score (nSPS) is 24.9. The third kappa shape index (κ3) is 3.15. The molecular formula is C7H11F3N2O2. The van der Waals surface area contributed by atoms with Crippen molar-refractivity contribution in [2.45, 2.75) is 12.2 Å². The van der Waals surface area contributed by atoms with Crippen LogP contribution in [-0.2, 0) is 9.53 Å². The summed E-state index contributed by atoms with van der Waals surface area (Å²) in [5, 5.41) is 0. The molecule has 0 bridgehead atoms. The lowest BCUT2D eigenvalue weighted by Crippen LogP contribution is -2.54. The SMILES string of the molecule is NC(=O)C1COCCN1CC(F)(F)F. The number of carbonyl (C=O) groups is 1. The molecule has 1 amide bonds. The summed E-state index contributed by atoms with van der Waals surface area (Å²) < 4.78 is 41.0. The predicted molar refractivity (Wildman–Crippen MR) is 41.4 cm³/mol. The Bertz CT molecular complexity index is 219. The lowest BCUT2D eigenvalue weighted by atomic mass is 10.2. The molecule has 1 rings (SSSR count). The van der Waals surface area contributed by atoms with Crippen molar-refractivity contribution in [1.82, 2.24) is 4.90 Å². The zero-order chi connectivity index (χ0) is 10.8. The van der Waals surface area contributed by atoms with Crippen molar-refractivity contribution in [2.24, 2.45) is 5.73 Å². The molecule has 1 fully saturated rings. The van der Waals surface area contributed by atoms with Crippen molar-refractivity contribution in [3.05, 3.63) is 0 Å². The van der Waals surface area contributed by atoms with Crippen LogP contribution in [0, 0.1) is 0 Å². The number of hydrogen-bond acceptors (Lipinski definition) is 3. The minimum atomic E-state index is -4.31. The summed E-state index contributed by atoms with van der Waals surface area (Å²) in [5.41, 5.74) is 4.95. The molecule has 14 heavy (non-hydrogen) atoms. The molecule has 0 spiro atoms. The molecule has 0 saturated carbocycles. The summed E-state index contributed by atoms with van der Waals surface area (Å²) in [7, 11) is 0. The number of primary amides is 1. The summed E-state index contributed by atoms with van der Waals surface area (Å²) in [4.78, 5) is 11.8. The number of alkyl halides is 3. The van der Waals surface area contributed by atoms with Crippen LogP contribution < -0.4 is 5.73 Å². The van der Waals surface area contributed by atoms with Crippen LogP contribution in [0.5, 0.6) is 0 Å². The van der Waals surface area contributed by atoms with Crippen LogP contribution in [0.4, 0.5) is 13.2 Å². The minimum Gasteiger partial charge on any atom is -0.378 e. The average Bonchev–Trinajstić information content (AvgIpc) is 2.01. The first-order chi connectivity index (χ1) is 6.40. The third-order valence-electron chi connectivity index (χ3n) is 1.95. The molecule has 4 nitrogen and oxygen atoms in total. The van der Waals surface area contributed by atoms with E-state index in [1.54, 1.807) is 0 Å². The second-order valence-corrected chi connectivity index (χ2v) is 3.08. The number of amides is 1. The molecule has 2 N–H and O–H groups in total. The molecule has 82 valence electrons. The molecule has 1 saturated heterocycles. The van der Waals surface area contributed by atoms with Gasteiger partial charge in [-0.2, -0.15) is 13.2 Å². The van der Waals surface area contributed by atoms with Gasteiger partial charge in [-0.05, 0) is 0 Å². The summed E-state index contributed by atoms with van der Waals surface area (Å²) >= 11 is 0. The van der Waals surface area contributed by atoms with Crippen molar-refractivity contribution in [3.8, 4) is 0 Å². The summed E-state index contributed by atoms with van der Waals surface area (Å²) in [6.45, 7) is -0.914. The lowest BCUT2D eigenvalue weighted by molar-refractivity contribution is -0.165. The number of nitrogens with zero attached hydrogens (tertiary/aromatic N) is 1. The second-order valence-electron chi connectivity index (χ2n) is 3.08. The molecule has 1 heterocycles. The highest BCUT2D eigenvalue weighted by Gasteiger charge is 2.37. The Morgan fingerprint density at radius 2 is 2.21 bits per heavy atom. The largest absolute Gasteiger partial charge is 0.401 e. The van der Waals surface area contributed by atoms with E-state index in [4.69, 9.17) is 10.5 Å². The smallest absolute Gasteiger partial charge is 0.378 e. The Morgan fingerprint density at radius 1 is 1.57 bits per heavy atom. The van der Waals surface area contributed by atoms with E-state index in [0.717, 1.165) is 4.90 Å². The van der Waals surface area contributed by atoms with Gasteiger partial charge in [0.05, 0.1) is 19.8 Å². The molecule has 0 aromatic carbocycles. The number of hydrogen-bond donors (Lipinski definition) is 1. The van der Waals surface area contributed by atoms with Gasteiger partial charge in [0, 0.05) is 6.54 Å². The summed E-state index contributed by atoms with van der Waals surface area (Å²) in [6, 6.07) is -0.967. The van der Waals surface area contributed by atoms with Crippen molar-refractivity contribution >= 4 is 5.91 Å². The van der Waals surface area contributed by atoms with Crippen molar-refractivity contribution in [3.63, 3.8) is 0 Å². The van der Waals surface area contributed by atoms with Gasteiger partial charge in [0.25, 0.3) is 0 Å². The van der Waals surface area contributed by atoms with E-state index >= 15 is 0 Å². The van der Waals surface area contributed by atoms with E-state index in [0.29, 0.717) is 0 Å². The Balaban J connectivity index is 2.59. The molecule has 7 heteroatoms. The van der Waals surface area contributed by atoms with E-state index in [1.807, 2.05) is 0 Å². The fourth-order valence-corrected chi connectivity index (χ4v) is 1.32. The van der Waals surface area contributed by atoms with Gasteiger partial charge >= 0.3 is 6.18 Å². The standard InChI is InChI=1S/C7H11F3N2O2/c8-7(9,10)4-12-1-2-14-3-5(12)6(11)13/h5H,1-4H2,(H2,11,13). The van der Waals surface area contributed by atoms with Crippen molar-refractivity contribution < 1.29 is 22.7 Å². The zero-order valence-corrected chi connectivity index (χ0v) is 7.38. The van der Waals surface area contributed by atoms with Crippen LogP contribution in [0.2, 0.25) is 0 Å². The minimum absolute atomic E-state index is 0.0641. The van der Waals surface area contributed by atoms with E-state index in [9.17, 15) is 18.0 Å². The number of nitrogens with two attached hydrogens (primary N) is 1. The first-order valence-electron chi connectivity index (χ1n) is 4.08. The highest BCUT2D eigenvalue weighted by molar-refractivity contribution is 5.80. The van der Waals surface area contributed by atoms with Gasteiger partial charge in [-0.3, -0.25) is 9.69 Å². The molecule has 1 atom stereocenters. The van der Waals surface area contributed by atoms with Crippen LogP contribution in [0.25, 0.3) is 0 Å². The monoisotopic (exact) mass is 212 g/mol. The number of morpholine rings is 1. The van der Waals surface area contributed by atoms with Gasteiger partial charge in [-0.15, -0.1) is 0 Å². The van der Waals surface area contributed by atoms with Crippen LogP contribution in [0.3, 0.4) is 0 Å². The van der Waals surface area contributed by atoms with Gasteiger partial charge in [-0.1, -0.05) is 0 Å². The molecular weight excluding hydrogens is 201 g/mol. The molecule has 0 aliphatic carbocycles. The molecule has 1 aliphatic rings. The lowest BCUT2D eigenvalue weighted by Gasteiger charge is -2.33. The highest BCUT2D eigenvalue weighted by Crippen LogP contribution is 2.19. The Labute approximate surface area is 78.8 Å². The quantitative estimate of drug-likeness (QED) is 0.685. The van der Waals surface area contributed by atoms with Crippen LogP contribution >= 0.6 is 0 Å². The summed E-state index contributed by atoms with van der Waals surface area (Å²) in [6.07, 6.45) is -4.31. The zero-order valence-electron chi connectivity index (χ0n) is 7.38. The van der Waals surface area contributed by atoms with Crippen LogP contribution in [0.1, 0.15) is 0 Å². The highest BCUT2D eigenvalue weighted by atomic mass is 19.4. The number of carbonyl (C=O) groups excluding carboxylic acids is 1. The number of rotatable bonds is 2. The Kier molecular flexibility index (Phi) is 3.33. The molecule has 1 aliphatic heterocycles. The van der Waals surface area contributed by atoms with Crippen molar-refractivity contribution in [1.29, 1.82) is 0 Å². The van der Waals surface area contributed by atoms with Gasteiger partial charge in [0.15, 0.2) is 0 Å². The maximum Gasteiger partial charge on any atom is 0.401 e. The number of ether oxygens (including phenoxy) is 1. The van der Waals surface area contributed by atoms with Gasteiger partial charge in [0.2, 0.25) is 5.91 Å².